The van der Waals surface area contributed by atoms with Gasteiger partial charge in [0.15, 0.2) is 0 Å². The predicted molar refractivity (Wildman–Crippen MR) is 76.6 cm³/mol. The minimum Gasteiger partial charge on any atom is -0.465 e. The van der Waals surface area contributed by atoms with Crippen molar-refractivity contribution >= 4 is 11.9 Å². The largest absolute Gasteiger partial charge is 0.465 e. The summed E-state index contributed by atoms with van der Waals surface area (Å²) in [6, 6.07) is 6.18. The number of hydrogen-bond donors (Lipinski definition) is 2. The topological polar surface area (TPSA) is 98.9 Å². The first kappa shape index (κ1) is 17.1. The molecule has 0 aromatic heterocycles. The van der Waals surface area contributed by atoms with Gasteiger partial charge in [0.1, 0.15) is 17.7 Å². The van der Waals surface area contributed by atoms with Gasteiger partial charge in [0.05, 0.1) is 12.7 Å². The molecule has 0 radical (unpaired) electrons. The summed E-state index contributed by atoms with van der Waals surface area (Å²) >= 11 is 0. The molecule has 0 amide bonds. The summed E-state index contributed by atoms with van der Waals surface area (Å²) in [5, 5.41) is 9.68. The lowest BCUT2D eigenvalue weighted by atomic mass is 9.95. The molecule has 0 heterocycles. The molecule has 0 aliphatic carbocycles. The van der Waals surface area contributed by atoms with Crippen molar-refractivity contribution in [3.63, 3.8) is 0 Å². The normalized spacial score (nSPS) is 14.2. The third kappa shape index (κ3) is 4.84. The second-order valence-corrected chi connectivity index (χ2v) is 5.62. The first-order valence-corrected chi connectivity index (χ1v) is 6.50. The summed E-state index contributed by atoms with van der Waals surface area (Å²) in [6.07, 6.45) is -1.44. The highest BCUT2D eigenvalue weighted by Crippen LogP contribution is 2.23. The molecule has 2 atom stereocenters. The number of benzene rings is 1. The van der Waals surface area contributed by atoms with Crippen molar-refractivity contribution in [1.82, 2.24) is 0 Å². The van der Waals surface area contributed by atoms with Crippen LogP contribution in [-0.2, 0) is 14.3 Å². The summed E-state index contributed by atoms with van der Waals surface area (Å²) in [5.41, 5.74) is 5.44. The Morgan fingerprint density at radius 3 is 2.38 bits per heavy atom. The molecule has 0 bridgehead atoms. The highest BCUT2D eigenvalue weighted by atomic mass is 16.6. The Balaban J connectivity index is 3.12. The van der Waals surface area contributed by atoms with Gasteiger partial charge in [-0.15, -0.1) is 0 Å². The molecule has 0 aliphatic rings. The van der Waals surface area contributed by atoms with E-state index in [-0.39, 0.29) is 5.56 Å². The summed E-state index contributed by atoms with van der Waals surface area (Å²) in [6.45, 7) is 5.15. The van der Waals surface area contributed by atoms with Gasteiger partial charge in [0.2, 0.25) is 0 Å². The fraction of sp³-hybridized carbons (Fsp3) is 0.467. The molecule has 6 heteroatoms. The maximum absolute atomic E-state index is 12.2. The minimum atomic E-state index is -1.44. The van der Waals surface area contributed by atoms with Crippen LogP contribution in [0, 0.1) is 0 Å². The molecule has 0 saturated heterocycles. The van der Waals surface area contributed by atoms with E-state index in [4.69, 9.17) is 10.5 Å². The first-order chi connectivity index (χ1) is 9.65. The molecule has 6 nitrogen and oxygen atoms in total. The maximum atomic E-state index is 12.2. The molecule has 0 aliphatic heterocycles. The molecule has 1 aromatic rings. The first-order valence-electron chi connectivity index (χ1n) is 6.50. The highest BCUT2D eigenvalue weighted by Gasteiger charge is 2.31. The van der Waals surface area contributed by atoms with E-state index >= 15 is 0 Å². The van der Waals surface area contributed by atoms with Crippen LogP contribution in [0.15, 0.2) is 24.3 Å². The van der Waals surface area contributed by atoms with Crippen molar-refractivity contribution in [3.8, 4) is 0 Å². The standard InChI is InChI=1S/C15H21NO5/c1-15(2,3)21-14(19)11(12(16)17)9-6-5-7-10(8-9)13(18)20-4/h5-8,11-12,17H,16H2,1-4H3/t11-,12-/m1/s1. The SMILES string of the molecule is COC(=O)c1cccc([C@@H](C(=O)OC(C)(C)C)[C@H](N)O)c1. The Kier molecular flexibility index (Phi) is 5.46. The molecule has 0 saturated carbocycles. The number of aliphatic hydroxyl groups is 1. The van der Waals surface area contributed by atoms with Crippen LogP contribution in [0.25, 0.3) is 0 Å². The number of hydrogen-bond acceptors (Lipinski definition) is 6. The van der Waals surface area contributed by atoms with E-state index in [0.29, 0.717) is 5.56 Å². The van der Waals surface area contributed by atoms with Gasteiger partial charge in [0, 0.05) is 0 Å². The monoisotopic (exact) mass is 295 g/mol. The van der Waals surface area contributed by atoms with Gasteiger partial charge in [-0.1, -0.05) is 12.1 Å². The van der Waals surface area contributed by atoms with E-state index in [9.17, 15) is 14.7 Å². The van der Waals surface area contributed by atoms with Crippen LogP contribution in [0.5, 0.6) is 0 Å². The van der Waals surface area contributed by atoms with Gasteiger partial charge >= 0.3 is 11.9 Å². The molecule has 3 N–H and O–H groups in total. The van der Waals surface area contributed by atoms with E-state index < -0.39 is 29.7 Å². The lowest BCUT2D eigenvalue weighted by molar-refractivity contribution is -0.159. The highest BCUT2D eigenvalue weighted by molar-refractivity contribution is 5.90. The predicted octanol–water partition coefficient (Wildman–Crippen LogP) is 1.18. The van der Waals surface area contributed by atoms with Gasteiger partial charge in [-0.05, 0) is 38.5 Å². The fourth-order valence-electron chi connectivity index (χ4n) is 1.81. The van der Waals surface area contributed by atoms with Crippen LogP contribution in [0.3, 0.4) is 0 Å². The van der Waals surface area contributed by atoms with Crippen LogP contribution >= 0.6 is 0 Å². The second-order valence-electron chi connectivity index (χ2n) is 5.62. The lowest BCUT2D eigenvalue weighted by Crippen LogP contribution is -2.37. The average molecular weight is 295 g/mol. The third-order valence-electron chi connectivity index (χ3n) is 2.67. The van der Waals surface area contributed by atoms with Crippen molar-refractivity contribution in [1.29, 1.82) is 0 Å². The van der Waals surface area contributed by atoms with E-state index in [0.717, 1.165) is 0 Å². The number of esters is 2. The number of aliphatic hydroxyl groups excluding tert-OH is 1. The summed E-state index contributed by atoms with van der Waals surface area (Å²) in [5.74, 6) is -2.26. The van der Waals surface area contributed by atoms with Gasteiger partial charge in [0.25, 0.3) is 0 Å². The smallest absolute Gasteiger partial charge is 0.337 e. The van der Waals surface area contributed by atoms with Crippen LogP contribution in [0.2, 0.25) is 0 Å². The molecular weight excluding hydrogens is 274 g/mol. The van der Waals surface area contributed by atoms with Crippen molar-refractivity contribution in [3.05, 3.63) is 35.4 Å². The maximum Gasteiger partial charge on any atom is 0.337 e. The van der Waals surface area contributed by atoms with Crippen LogP contribution in [0.4, 0.5) is 0 Å². The van der Waals surface area contributed by atoms with Crippen molar-refractivity contribution in [2.24, 2.45) is 5.73 Å². The average Bonchev–Trinajstić information content (AvgIpc) is 2.35. The van der Waals surface area contributed by atoms with Crippen molar-refractivity contribution in [2.75, 3.05) is 7.11 Å². The third-order valence-corrected chi connectivity index (χ3v) is 2.67. The zero-order chi connectivity index (χ0) is 16.2. The molecule has 0 spiro atoms. The Hall–Kier alpha value is -1.92. The number of methoxy groups -OCH3 is 1. The number of ether oxygens (including phenoxy) is 2. The summed E-state index contributed by atoms with van der Waals surface area (Å²) in [7, 11) is 1.26. The van der Waals surface area contributed by atoms with E-state index in [2.05, 4.69) is 4.74 Å². The number of nitrogens with two attached hydrogens (primary N) is 1. The van der Waals surface area contributed by atoms with Gasteiger partial charge in [-0.25, -0.2) is 4.79 Å². The van der Waals surface area contributed by atoms with Gasteiger partial charge in [-0.2, -0.15) is 0 Å². The number of rotatable bonds is 4. The zero-order valence-corrected chi connectivity index (χ0v) is 12.6. The molecule has 0 unspecified atom stereocenters. The second kappa shape index (κ2) is 6.69. The molecule has 0 fully saturated rings. The Labute approximate surface area is 123 Å². The van der Waals surface area contributed by atoms with Gasteiger partial charge < -0.3 is 20.3 Å². The zero-order valence-electron chi connectivity index (χ0n) is 12.6. The molecule has 1 rings (SSSR count). The Morgan fingerprint density at radius 1 is 1.29 bits per heavy atom. The fourth-order valence-corrected chi connectivity index (χ4v) is 1.81. The van der Waals surface area contributed by atoms with E-state index in [1.54, 1.807) is 39.0 Å². The Morgan fingerprint density at radius 2 is 1.90 bits per heavy atom. The molecule has 116 valence electrons. The van der Waals surface area contributed by atoms with Crippen molar-refractivity contribution < 1.29 is 24.2 Å². The van der Waals surface area contributed by atoms with Crippen LogP contribution in [-0.4, -0.2) is 36.0 Å². The van der Waals surface area contributed by atoms with Crippen LogP contribution < -0.4 is 5.73 Å². The summed E-state index contributed by atoms with van der Waals surface area (Å²) < 4.78 is 9.87. The van der Waals surface area contributed by atoms with Gasteiger partial charge in [-0.3, -0.25) is 4.79 Å². The van der Waals surface area contributed by atoms with Crippen LogP contribution in [0.1, 0.15) is 42.6 Å². The lowest BCUT2D eigenvalue weighted by Gasteiger charge is -2.25. The summed E-state index contributed by atoms with van der Waals surface area (Å²) in [4.78, 5) is 23.7. The molecular formula is C15H21NO5. The Bertz CT molecular complexity index is 519. The minimum absolute atomic E-state index is 0.268. The number of carbonyl (C=O) groups is 2. The molecule has 1 aromatic carbocycles. The number of carbonyl (C=O) groups excluding carboxylic acids is 2. The van der Waals surface area contributed by atoms with E-state index in [1.165, 1.54) is 13.2 Å². The van der Waals surface area contributed by atoms with E-state index in [1.807, 2.05) is 0 Å². The quantitative estimate of drug-likeness (QED) is 0.639. The molecule has 21 heavy (non-hydrogen) atoms. The van der Waals surface area contributed by atoms with Crippen molar-refractivity contribution in [2.45, 2.75) is 38.5 Å².